The van der Waals surface area contributed by atoms with Gasteiger partial charge in [0.05, 0.1) is 101 Å². The van der Waals surface area contributed by atoms with Crippen molar-refractivity contribution < 1.29 is 61.5 Å². The number of nitrogens with one attached hydrogen (secondary N) is 3. The van der Waals surface area contributed by atoms with Crippen LogP contribution in [0.15, 0.2) is 63.1 Å². The summed E-state index contributed by atoms with van der Waals surface area (Å²) < 4.78 is 57.9. The van der Waals surface area contributed by atoms with E-state index in [9.17, 15) is 43.1 Å². The fourth-order valence-corrected chi connectivity index (χ4v) is 10.7. The number of amides is 4. The molecule has 0 unspecified atom stereocenters. The van der Waals surface area contributed by atoms with Gasteiger partial charge >= 0.3 is 24.0 Å². The fraction of sp³-hybridized carbons (Fsp3) is 0.548. The Bertz CT molecular complexity index is 3300. The molecule has 504 valence electrons. The van der Waals surface area contributed by atoms with Crippen molar-refractivity contribution in [1.82, 2.24) is 29.6 Å². The molecule has 4 N–H and O–H groups in total. The van der Waals surface area contributed by atoms with Gasteiger partial charge in [-0.1, -0.05) is 37.2 Å². The molecule has 0 radical (unpaired) electrons. The van der Waals surface area contributed by atoms with Crippen LogP contribution in [0.25, 0.3) is 20.9 Å². The molecule has 4 amide bonds. The zero-order chi connectivity index (χ0) is 65.5. The van der Waals surface area contributed by atoms with Crippen molar-refractivity contribution in [2.45, 2.75) is 104 Å². The first-order valence-corrected chi connectivity index (χ1v) is 30.3. The molecule has 8 rings (SSSR count). The number of nitriles is 1. The Balaban J connectivity index is 0.000000366. The van der Waals surface area contributed by atoms with Gasteiger partial charge in [-0.3, -0.25) is 14.4 Å². The van der Waals surface area contributed by atoms with Gasteiger partial charge in [-0.2, -0.15) is 5.26 Å². The molecular formula is C62H85F2N17O11S. The van der Waals surface area contributed by atoms with E-state index in [0.29, 0.717) is 101 Å². The third-order valence-corrected chi connectivity index (χ3v) is 15.2. The Morgan fingerprint density at radius 1 is 0.774 bits per heavy atom. The van der Waals surface area contributed by atoms with Gasteiger partial charge in [0, 0.05) is 87.6 Å². The van der Waals surface area contributed by atoms with Crippen molar-refractivity contribution >= 4 is 59.5 Å². The van der Waals surface area contributed by atoms with Crippen LogP contribution in [0.2, 0.25) is 0 Å². The number of carbonyl (C=O) groups excluding carboxylic acids is 4. The second-order valence-electron chi connectivity index (χ2n) is 21.0. The number of carboxylic acid groups (broad SMARTS) is 1. The van der Waals surface area contributed by atoms with Gasteiger partial charge < -0.3 is 64.3 Å². The normalized spacial score (nSPS) is 14.1. The number of rotatable bonds is 33. The molecule has 2 atom stereocenters. The number of aromatic nitrogens is 2. The number of halogens is 2. The average molecular weight is 1310 g/mol. The van der Waals surface area contributed by atoms with Crippen LogP contribution in [-0.2, 0) is 66.7 Å². The van der Waals surface area contributed by atoms with E-state index in [1.807, 2.05) is 12.1 Å². The maximum Gasteiger partial charge on any atom is 0.320 e. The number of carboxylic acids is 1. The van der Waals surface area contributed by atoms with Crippen LogP contribution in [0.5, 0.6) is 11.5 Å². The Labute approximate surface area is 546 Å². The van der Waals surface area contributed by atoms with E-state index in [1.54, 1.807) is 33.8 Å². The van der Waals surface area contributed by atoms with Crippen LogP contribution in [0, 0.1) is 23.0 Å². The summed E-state index contributed by atoms with van der Waals surface area (Å²) in [6, 6.07) is 12.9. The van der Waals surface area contributed by atoms with E-state index in [-0.39, 0.29) is 96.4 Å². The number of nitrogens with zero attached hydrogens (tertiary/aromatic N) is 14. The topological polar surface area (TPSA) is 360 Å². The smallest absolute Gasteiger partial charge is 0.320 e. The van der Waals surface area contributed by atoms with Crippen LogP contribution in [0.4, 0.5) is 35.7 Å². The molecule has 31 heteroatoms. The number of hydrogen-bond donors (Lipinski definition) is 4. The van der Waals surface area contributed by atoms with Crippen molar-refractivity contribution in [1.29, 1.82) is 5.26 Å². The van der Waals surface area contributed by atoms with Crippen molar-refractivity contribution in [2.24, 2.45) is 14.6 Å². The Kier molecular flexibility index (Phi) is 33.3. The molecule has 4 aromatic rings. The first-order chi connectivity index (χ1) is 44.2. The first-order valence-electron chi connectivity index (χ1n) is 30.0. The monoisotopic (exact) mass is 1310 g/mol. The largest absolute Gasteiger partial charge is 0.494 e. The number of aryl methyl sites for hydroxylation is 4. The highest BCUT2D eigenvalue weighted by molar-refractivity contribution is 7.47. The van der Waals surface area contributed by atoms with Crippen LogP contribution in [0.3, 0.4) is 0 Å². The van der Waals surface area contributed by atoms with E-state index >= 15 is 0 Å². The third kappa shape index (κ3) is 23.2. The molecular weight excluding hydrogens is 1230 g/mol. The first kappa shape index (κ1) is 76.3. The number of urea groups is 2. The minimum Gasteiger partial charge on any atom is -0.494 e. The minimum atomic E-state index is -1.09. The van der Waals surface area contributed by atoms with E-state index in [0.717, 1.165) is 78.6 Å². The number of carbonyl (C=O) groups is 5. The predicted molar refractivity (Wildman–Crippen MR) is 347 cm³/mol. The number of fused-ring (bicyclic) bond motifs is 2. The molecule has 2 saturated heterocycles. The lowest BCUT2D eigenvalue weighted by Gasteiger charge is -2.28. The molecule has 28 nitrogen and oxygen atoms in total. The third-order valence-electron chi connectivity index (χ3n) is 15.1. The van der Waals surface area contributed by atoms with Crippen molar-refractivity contribution in [3.05, 3.63) is 120 Å². The summed E-state index contributed by atoms with van der Waals surface area (Å²) in [5.41, 5.74) is 21.7. The zero-order valence-corrected chi connectivity index (χ0v) is 52.1. The quantitative estimate of drug-likeness (QED) is 0.0113. The fourth-order valence-electron chi connectivity index (χ4n) is 10.7. The number of anilines is 3. The number of hydrogen-bond acceptors (Lipinski definition) is 20. The van der Waals surface area contributed by atoms with E-state index in [4.69, 9.17) is 39.7 Å². The van der Waals surface area contributed by atoms with E-state index in [1.165, 1.54) is 43.4 Å². The molecule has 0 bridgehead atoms. The van der Waals surface area contributed by atoms with Gasteiger partial charge in [0.2, 0.25) is 0 Å². The highest BCUT2D eigenvalue weighted by Crippen LogP contribution is 2.34. The molecule has 2 aromatic heterocycles. The SMILES string of the molecule is C.C.CCOC(=O)C[C@@H](c1ccc(OC)c(F)c1)N1CCN(CCCc2nc3c(cc2C#N)CCCN3)C1=O.COc1ccc([C@H](CC(=O)O)N2CCN(CCCc3nc4c(cc3NCC(=O)CCOCCOCCN=[N+]=[N-])CCCN4)C2=O)cc1F.[N-]=[N+]=NCN=S. The van der Waals surface area contributed by atoms with Gasteiger partial charge in [0.15, 0.2) is 28.9 Å². The number of ketones is 1. The molecule has 2 aromatic carbocycles. The van der Waals surface area contributed by atoms with Crippen LogP contribution >= 0.6 is 0 Å². The highest BCUT2D eigenvalue weighted by atomic mass is 32.1. The summed E-state index contributed by atoms with van der Waals surface area (Å²) in [5, 5.41) is 35.4. The van der Waals surface area contributed by atoms with Crippen LogP contribution in [0.1, 0.15) is 118 Å². The lowest BCUT2D eigenvalue weighted by atomic mass is 10.0. The van der Waals surface area contributed by atoms with Crippen LogP contribution < -0.4 is 25.4 Å². The molecule has 93 heavy (non-hydrogen) atoms. The van der Waals surface area contributed by atoms with Gasteiger partial charge in [-0.05, 0) is 128 Å². The highest BCUT2D eigenvalue weighted by Gasteiger charge is 2.38. The Morgan fingerprint density at radius 2 is 1.31 bits per heavy atom. The lowest BCUT2D eigenvalue weighted by molar-refractivity contribution is -0.144. The van der Waals surface area contributed by atoms with Crippen molar-refractivity contribution in [3.63, 3.8) is 0 Å². The lowest BCUT2D eigenvalue weighted by Crippen LogP contribution is -2.36. The predicted octanol–water partition coefficient (Wildman–Crippen LogP) is 10.3. The number of methoxy groups -OCH3 is 2. The molecule has 6 heterocycles. The number of aliphatic carboxylic acids is 1. The Morgan fingerprint density at radius 3 is 1.82 bits per heavy atom. The van der Waals surface area contributed by atoms with Crippen LogP contribution in [-0.4, -0.2) is 184 Å². The molecule has 4 aliphatic rings. The van der Waals surface area contributed by atoms with Gasteiger partial charge in [-0.25, -0.2) is 32.7 Å². The maximum atomic E-state index is 14.5. The summed E-state index contributed by atoms with van der Waals surface area (Å²) in [5.74, 6) is -0.935. The summed E-state index contributed by atoms with van der Waals surface area (Å²) in [6.45, 7) is 7.85. The molecule has 4 aliphatic heterocycles. The minimum absolute atomic E-state index is 0. The number of pyridine rings is 2. The van der Waals surface area contributed by atoms with Gasteiger partial charge in [0.1, 0.15) is 24.4 Å². The number of ether oxygens (including phenoxy) is 5. The van der Waals surface area contributed by atoms with Crippen molar-refractivity contribution in [3.8, 4) is 17.6 Å². The number of esters is 1. The van der Waals surface area contributed by atoms with Gasteiger partial charge in [-0.15, -0.1) is 0 Å². The standard InChI is InChI=1S/C32H43FN8O7.C27H32FN5O4.CH2N4S.2CH4/c1-46-29-7-6-22(18-25(29)33)28(20-30(43)44)41-13-12-40(32(41)45)11-3-5-26-27(19-23-4-2-9-35-31(23)38-26)36-21-24(42)8-14-47-16-17-48-15-10-37-39-34;1-3-37-25(34)16-23(18-8-9-24(36-2)21(28)15-18)33-13-12-32(27(33)35)11-5-7-22-20(17-29)14-19-6-4-10-30-26(19)31-22;2-5-3-1-4-6;;/h6-7,18-19,28,36H,2-5,8-17,20-21H2,1H3,(H,35,38)(H,43,44);8-9,14-15,23H,3-7,10-13,16H2,1-2H3,(H,30,31);1H2;2*1H4/t28-;23-;;;/m00.../s1. The molecule has 0 aliphatic carbocycles. The summed E-state index contributed by atoms with van der Waals surface area (Å²) in [4.78, 5) is 84.4. The molecule has 0 saturated carbocycles. The second-order valence-corrected chi connectivity index (χ2v) is 21.3. The number of Topliss-reactive ketones (excluding diaryl/α,β-unsaturated/α-hetero) is 1. The summed E-state index contributed by atoms with van der Waals surface area (Å²) in [6.07, 6.45) is 5.94. The average Bonchev–Trinajstić information content (AvgIpc) is 1.78. The van der Waals surface area contributed by atoms with Crippen molar-refractivity contribution in [2.75, 3.05) is 135 Å². The summed E-state index contributed by atoms with van der Waals surface area (Å²) >= 11 is 4.08. The number of azide groups is 2. The molecule has 0 spiro atoms. The van der Waals surface area contributed by atoms with E-state index < -0.39 is 35.7 Å². The maximum absolute atomic E-state index is 14.5. The second kappa shape index (κ2) is 40.6. The Hall–Kier alpha value is -9.20. The summed E-state index contributed by atoms with van der Waals surface area (Å²) in [7, 11) is 2.73. The molecule has 2 fully saturated rings. The van der Waals surface area contributed by atoms with E-state index in [2.05, 4.69) is 63.8 Å². The number of benzene rings is 2. The van der Waals surface area contributed by atoms with Gasteiger partial charge in [0.25, 0.3) is 0 Å². The zero-order valence-electron chi connectivity index (χ0n) is 51.3.